The van der Waals surface area contributed by atoms with Crippen LogP contribution in [0.4, 0.5) is 0 Å². The van der Waals surface area contributed by atoms with Crippen LogP contribution in [-0.2, 0) is 9.53 Å². The third-order valence-corrected chi connectivity index (χ3v) is 2.64. The highest BCUT2D eigenvalue weighted by Gasteiger charge is 2.21. The Balaban J connectivity index is 1.65. The van der Waals surface area contributed by atoms with E-state index in [1.54, 1.807) is 0 Å². The van der Waals surface area contributed by atoms with Crippen LogP contribution in [0.3, 0.4) is 0 Å². The average Bonchev–Trinajstić information content (AvgIpc) is 2.52. The van der Waals surface area contributed by atoms with Gasteiger partial charge in [-0.25, -0.2) is 0 Å². The lowest BCUT2D eigenvalue weighted by Gasteiger charge is -2.27. The molecule has 13 heavy (non-hydrogen) atoms. The van der Waals surface area contributed by atoms with E-state index in [-0.39, 0.29) is 5.91 Å². The molecule has 2 heterocycles. The van der Waals surface area contributed by atoms with Gasteiger partial charge in [0.25, 0.3) is 0 Å². The highest BCUT2D eigenvalue weighted by Crippen LogP contribution is 2.07. The molecule has 0 aromatic carbocycles. The molecule has 0 unspecified atom stereocenters. The van der Waals surface area contributed by atoms with Crippen molar-refractivity contribution in [2.24, 2.45) is 0 Å². The van der Waals surface area contributed by atoms with E-state index in [1.807, 2.05) is 4.90 Å². The van der Waals surface area contributed by atoms with E-state index in [0.29, 0.717) is 12.6 Å². The van der Waals surface area contributed by atoms with Gasteiger partial charge in [0.1, 0.15) is 0 Å². The molecule has 2 fully saturated rings. The van der Waals surface area contributed by atoms with Crippen LogP contribution in [0.1, 0.15) is 12.8 Å². The van der Waals surface area contributed by atoms with Gasteiger partial charge in [-0.1, -0.05) is 0 Å². The van der Waals surface area contributed by atoms with Crippen LogP contribution in [0.25, 0.3) is 0 Å². The smallest absolute Gasteiger partial charge is 0.236 e. The minimum absolute atomic E-state index is 0.240. The molecule has 2 aliphatic heterocycles. The largest absolute Gasteiger partial charge is 0.378 e. The molecule has 1 amide bonds. The Morgan fingerprint density at radius 2 is 2.08 bits per heavy atom. The lowest BCUT2D eigenvalue weighted by Crippen LogP contribution is -2.49. The molecular formula is C9H16N2O2. The van der Waals surface area contributed by atoms with Crippen LogP contribution >= 0.6 is 0 Å². The van der Waals surface area contributed by atoms with Gasteiger partial charge in [-0.3, -0.25) is 4.79 Å². The molecule has 2 saturated heterocycles. The van der Waals surface area contributed by atoms with Crippen molar-refractivity contribution in [3.63, 3.8) is 0 Å². The maximum atomic E-state index is 11.5. The second-order valence-electron chi connectivity index (χ2n) is 3.70. The fourth-order valence-corrected chi connectivity index (χ4v) is 1.66. The summed E-state index contributed by atoms with van der Waals surface area (Å²) < 4.78 is 5.01. The van der Waals surface area contributed by atoms with Gasteiger partial charge >= 0.3 is 0 Å². The summed E-state index contributed by atoms with van der Waals surface area (Å²) in [5, 5.41) is 3.18. The van der Waals surface area contributed by atoms with Gasteiger partial charge in [-0.05, 0) is 12.8 Å². The zero-order valence-electron chi connectivity index (χ0n) is 7.79. The molecule has 4 nitrogen and oxygen atoms in total. The number of hydrogen-bond acceptors (Lipinski definition) is 3. The Bertz CT molecular complexity index is 186. The highest BCUT2D eigenvalue weighted by atomic mass is 16.5. The number of rotatable bonds is 3. The molecule has 0 spiro atoms. The average molecular weight is 184 g/mol. The number of nitrogens with zero attached hydrogens (tertiary/aromatic N) is 1. The van der Waals surface area contributed by atoms with Crippen LogP contribution in [-0.4, -0.2) is 49.7 Å². The number of ether oxygens (including phenoxy) is 1. The molecule has 2 aliphatic rings. The zero-order chi connectivity index (χ0) is 9.10. The predicted octanol–water partition coefficient (Wildman–Crippen LogP) is -0.403. The number of amides is 1. The van der Waals surface area contributed by atoms with E-state index in [2.05, 4.69) is 5.32 Å². The molecule has 0 radical (unpaired) electrons. The van der Waals surface area contributed by atoms with E-state index < -0.39 is 0 Å². The maximum absolute atomic E-state index is 11.5. The summed E-state index contributed by atoms with van der Waals surface area (Å²) in [6, 6.07) is 0.409. The second-order valence-corrected chi connectivity index (χ2v) is 3.70. The first-order valence-electron chi connectivity index (χ1n) is 4.95. The molecule has 0 bridgehead atoms. The Morgan fingerprint density at radius 3 is 2.62 bits per heavy atom. The summed E-state index contributed by atoms with van der Waals surface area (Å²) >= 11 is 0. The molecule has 74 valence electrons. The number of carbonyl (C=O) groups is 1. The van der Waals surface area contributed by atoms with Crippen molar-refractivity contribution in [2.75, 3.05) is 32.8 Å². The number of hydrogen-bond donors (Lipinski definition) is 1. The lowest BCUT2D eigenvalue weighted by molar-refractivity contribution is -0.129. The summed E-state index contributed by atoms with van der Waals surface area (Å²) in [6.07, 6.45) is 2.33. The lowest BCUT2D eigenvalue weighted by atomic mass is 10.2. The molecule has 2 rings (SSSR count). The van der Waals surface area contributed by atoms with Crippen LogP contribution in [0.15, 0.2) is 0 Å². The van der Waals surface area contributed by atoms with E-state index in [4.69, 9.17) is 4.74 Å². The SMILES string of the molecule is O=C(CNC1COC1)N1CCCC1. The van der Waals surface area contributed by atoms with E-state index >= 15 is 0 Å². The molecule has 0 saturated carbocycles. The Labute approximate surface area is 78.2 Å². The Hall–Kier alpha value is -0.610. The minimum atomic E-state index is 0.240. The van der Waals surface area contributed by atoms with E-state index in [1.165, 1.54) is 0 Å². The predicted molar refractivity (Wildman–Crippen MR) is 48.4 cm³/mol. The first-order chi connectivity index (χ1) is 6.36. The monoisotopic (exact) mass is 184 g/mol. The second kappa shape index (κ2) is 4.07. The van der Waals surface area contributed by atoms with Crippen molar-refractivity contribution in [2.45, 2.75) is 18.9 Å². The summed E-state index contributed by atoms with van der Waals surface area (Å²) in [4.78, 5) is 13.4. The molecule has 1 N–H and O–H groups in total. The maximum Gasteiger partial charge on any atom is 0.236 e. The Kier molecular flexibility index (Phi) is 2.80. The van der Waals surface area contributed by atoms with Gasteiger partial charge in [-0.2, -0.15) is 0 Å². The van der Waals surface area contributed by atoms with Crippen LogP contribution < -0.4 is 5.32 Å². The van der Waals surface area contributed by atoms with Gasteiger partial charge in [0.15, 0.2) is 0 Å². The molecule has 4 heteroatoms. The summed E-state index contributed by atoms with van der Waals surface area (Å²) in [7, 11) is 0. The van der Waals surface area contributed by atoms with Crippen molar-refractivity contribution in [3.8, 4) is 0 Å². The molecule has 0 atom stereocenters. The molecule has 0 aromatic rings. The van der Waals surface area contributed by atoms with Crippen molar-refractivity contribution >= 4 is 5.91 Å². The van der Waals surface area contributed by atoms with Crippen molar-refractivity contribution in [3.05, 3.63) is 0 Å². The van der Waals surface area contributed by atoms with Gasteiger partial charge in [0, 0.05) is 13.1 Å². The van der Waals surface area contributed by atoms with Gasteiger partial charge in [0.05, 0.1) is 25.8 Å². The van der Waals surface area contributed by atoms with Crippen molar-refractivity contribution < 1.29 is 9.53 Å². The molecule has 0 aliphatic carbocycles. The van der Waals surface area contributed by atoms with E-state index in [0.717, 1.165) is 39.1 Å². The van der Waals surface area contributed by atoms with Crippen molar-refractivity contribution in [1.82, 2.24) is 10.2 Å². The quantitative estimate of drug-likeness (QED) is 0.648. The fourth-order valence-electron chi connectivity index (χ4n) is 1.66. The third-order valence-electron chi connectivity index (χ3n) is 2.64. The summed E-state index contributed by atoms with van der Waals surface area (Å²) in [6.45, 7) is 3.89. The number of carbonyl (C=O) groups excluding carboxylic acids is 1. The Morgan fingerprint density at radius 1 is 1.38 bits per heavy atom. The molecule has 0 aromatic heterocycles. The normalized spacial score (nSPS) is 23.2. The van der Waals surface area contributed by atoms with E-state index in [9.17, 15) is 4.79 Å². The zero-order valence-corrected chi connectivity index (χ0v) is 7.79. The van der Waals surface area contributed by atoms with Crippen molar-refractivity contribution in [1.29, 1.82) is 0 Å². The first-order valence-corrected chi connectivity index (χ1v) is 4.95. The summed E-state index contributed by atoms with van der Waals surface area (Å²) in [5.41, 5.74) is 0. The molecular weight excluding hydrogens is 168 g/mol. The highest BCUT2D eigenvalue weighted by molar-refractivity contribution is 5.78. The number of nitrogens with one attached hydrogen (secondary N) is 1. The number of likely N-dealkylation sites (tertiary alicyclic amines) is 1. The minimum Gasteiger partial charge on any atom is -0.378 e. The topological polar surface area (TPSA) is 41.6 Å². The first kappa shape index (κ1) is 8.97. The van der Waals surface area contributed by atoms with Gasteiger partial charge < -0.3 is 15.0 Å². The van der Waals surface area contributed by atoms with Crippen LogP contribution in [0, 0.1) is 0 Å². The van der Waals surface area contributed by atoms with Gasteiger partial charge in [-0.15, -0.1) is 0 Å². The van der Waals surface area contributed by atoms with Gasteiger partial charge in [0.2, 0.25) is 5.91 Å². The third kappa shape index (κ3) is 2.19. The van der Waals surface area contributed by atoms with Crippen LogP contribution in [0.5, 0.6) is 0 Å². The summed E-state index contributed by atoms with van der Waals surface area (Å²) in [5.74, 6) is 0.240. The standard InChI is InChI=1S/C9H16N2O2/c12-9(11-3-1-2-4-11)5-10-8-6-13-7-8/h8,10H,1-7H2. The van der Waals surface area contributed by atoms with Crippen LogP contribution in [0.2, 0.25) is 0 Å². The fraction of sp³-hybridized carbons (Fsp3) is 0.889.